The predicted octanol–water partition coefficient (Wildman–Crippen LogP) is 3.12. The largest absolute Gasteiger partial charge is 0.368 e. The van der Waals surface area contributed by atoms with Gasteiger partial charge in [-0.05, 0) is 56.7 Å². The molecule has 4 N–H and O–H groups in total. The number of fused-ring (bicyclic) bond motifs is 1. The van der Waals surface area contributed by atoms with Crippen LogP contribution in [0.15, 0.2) is 53.8 Å². The second-order valence-corrected chi connectivity index (χ2v) is 9.20. The monoisotopic (exact) mass is 495 g/mol. The van der Waals surface area contributed by atoms with Crippen LogP contribution >= 0.6 is 0 Å². The number of amides is 1. The van der Waals surface area contributed by atoms with Crippen LogP contribution in [0.4, 0.5) is 25.8 Å². The molecule has 3 aromatic rings. The number of aromatic nitrogens is 2. The molecular weight excluding hydrogens is 468 g/mol. The Bertz CT molecular complexity index is 1360. The summed E-state index contributed by atoms with van der Waals surface area (Å²) in [6.07, 6.45) is 3.72. The van der Waals surface area contributed by atoms with E-state index in [0.717, 1.165) is 46.7 Å². The van der Waals surface area contributed by atoms with Gasteiger partial charge in [-0.2, -0.15) is 10.2 Å². The number of para-hydroxylation sites is 1. The van der Waals surface area contributed by atoms with E-state index in [9.17, 15) is 18.7 Å². The summed E-state index contributed by atoms with van der Waals surface area (Å²) in [5.41, 5.74) is 7.77. The highest BCUT2D eigenvalue weighted by atomic mass is 19.1. The Morgan fingerprint density at radius 3 is 2.61 bits per heavy atom. The molecule has 188 valence electrons. The van der Waals surface area contributed by atoms with Gasteiger partial charge in [0.05, 0.1) is 23.1 Å². The summed E-state index contributed by atoms with van der Waals surface area (Å²) in [6.45, 7) is 5.44. The molecule has 1 amide bonds. The SMILES string of the molecule is CC(C)n1ncc2c(N3CC[C@@H](N)C3)c(NC(=O)C3=NN(c4c(F)cccc4F)C(O)C=C3)ccc21. The average molecular weight is 496 g/mol. The fourth-order valence-corrected chi connectivity index (χ4v) is 4.61. The molecule has 3 heterocycles. The van der Waals surface area contributed by atoms with Crippen molar-refractivity contribution < 1.29 is 18.7 Å². The number of carbonyl (C=O) groups excluding carboxylic acids is 1. The van der Waals surface area contributed by atoms with E-state index in [4.69, 9.17) is 5.73 Å². The highest BCUT2D eigenvalue weighted by Crippen LogP contribution is 2.37. The Morgan fingerprint density at radius 2 is 1.94 bits per heavy atom. The number of hydrogen-bond acceptors (Lipinski definition) is 7. The van der Waals surface area contributed by atoms with Gasteiger partial charge in [-0.3, -0.25) is 9.48 Å². The molecular formula is C25H27F2N7O2. The number of aliphatic hydroxyl groups excluding tert-OH is 1. The van der Waals surface area contributed by atoms with Crippen LogP contribution in [0.25, 0.3) is 10.9 Å². The Kier molecular flexibility index (Phi) is 6.19. The zero-order valence-electron chi connectivity index (χ0n) is 19.9. The quantitative estimate of drug-likeness (QED) is 0.502. The summed E-state index contributed by atoms with van der Waals surface area (Å²) in [7, 11) is 0. The fourth-order valence-electron chi connectivity index (χ4n) is 4.61. The molecule has 2 atom stereocenters. The van der Waals surface area contributed by atoms with E-state index >= 15 is 0 Å². The molecule has 0 bridgehead atoms. The van der Waals surface area contributed by atoms with Crippen LogP contribution in [0.1, 0.15) is 26.3 Å². The molecule has 0 spiro atoms. The molecule has 5 rings (SSSR count). The zero-order valence-corrected chi connectivity index (χ0v) is 19.9. The number of nitrogens with two attached hydrogens (primary N) is 1. The molecule has 1 aromatic heterocycles. The van der Waals surface area contributed by atoms with Crippen molar-refractivity contribution in [3.8, 4) is 0 Å². The second-order valence-electron chi connectivity index (χ2n) is 9.20. The van der Waals surface area contributed by atoms with Gasteiger partial charge >= 0.3 is 0 Å². The highest BCUT2D eigenvalue weighted by Gasteiger charge is 2.29. The molecule has 1 fully saturated rings. The van der Waals surface area contributed by atoms with Gasteiger partial charge in [-0.1, -0.05) is 6.07 Å². The van der Waals surface area contributed by atoms with Crippen LogP contribution in [0.3, 0.4) is 0 Å². The van der Waals surface area contributed by atoms with Gasteiger partial charge < -0.3 is 21.1 Å². The molecule has 0 radical (unpaired) electrons. The first-order chi connectivity index (χ1) is 17.2. The van der Waals surface area contributed by atoms with Gasteiger partial charge in [0.15, 0.2) is 17.9 Å². The number of halogens is 2. The molecule has 11 heteroatoms. The minimum Gasteiger partial charge on any atom is -0.368 e. The van der Waals surface area contributed by atoms with E-state index in [1.807, 2.05) is 24.6 Å². The fraction of sp³-hybridized carbons (Fsp3) is 0.320. The Labute approximate surface area is 206 Å². The number of anilines is 3. The predicted molar refractivity (Wildman–Crippen MR) is 135 cm³/mol. The van der Waals surface area contributed by atoms with Gasteiger partial charge in [0.2, 0.25) is 0 Å². The van der Waals surface area contributed by atoms with E-state index in [1.54, 1.807) is 12.3 Å². The molecule has 0 aliphatic carbocycles. The number of rotatable bonds is 5. The Morgan fingerprint density at radius 1 is 1.19 bits per heavy atom. The maximum Gasteiger partial charge on any atom is 0.276 e. The van der Waals surface area contributed by atoms with Crippen LogP contribution < -0.4 is 21.0 Å². The van der Waals surface area contributed by atoms with Gasteiger partial charge in [0.1, 0.15) is 11.4 Å². The van der Waals surface area contributed by atoms with Crippen LogP contribution in [-0.2, 0) is 4.79 Å². The van der Waals surface area contributed by atoms with Crippen molar-refractivity contribution >= 4 is 39.6 Å². The smallest absolute Gasteiger partial charge is 0.276 e. The third kappa shape index (κ3) is 4.20. The summed E-state index contributed by atoms with van der Waals surface area (Å²) >= 11 is 0. The highest BCUT2D eigenvalue weighted by molar-refractivity contribution is 6.47. The van der Waals surface area contributed by atoms with E-state index in [0.29, 0.717) is 12.2 Å². The third-order valence-electron chi connectivity index (χ3n) is 6.32. The number of nitrogens with one attached hydrogen (secondary N) is 1. The lowest BCUT2D eigenvalue weighted by Crippen LogP contribution is -2.37. The molecule has 9 nitrogen and oxygen atoms in total. The molecule has 1 unspecified atom stereocenters. The normalized spacial score (nSPS) is 19.9. The molecule has 2 aromatic carbocycles. The molecule has 1 saturated heterocycles. The van der Waals surface area contributed by atoms with Crippen LogP contribution in [-0.4, -0.2) is 51.9 Å². The molecule has 36 heavy (non-hydrogen) atoms. The lowest BCUT2D eigenvalue weighted by Gasteiger charge is -2.27. The number of carbonyl (C=O) groups is 1. The number of benzene rings is 2. The number of aliphatic hydroxyl groups is 1. The standard InChI is InChI=1S/C25H27F2N7O2/c1-14(2)33-21-8-6-19(23(16(21)12-29-33)32-11-10-15(28)13-32)30-25(36)20-7-9-22(35)34(31-20)24-17(26)4-3-5-18(24)27/h3-9,12,14-15,22,35H,10-11,13,28H2,1-2H3,(H,30,36)/t15-,22?/m1/s1. The van der Waals surface area contributed by atoms with Crippen molar-refractivity contribution in [2.45, 2.75) is 38.6 Å². The van der Waals surface area contributed by atoms with Gasteiger partial charge in [-0.15, -0.1) is 0 Å². The van der Waals surface area contributed by atoms with E-state index in [2.05, 4.69) is 20.4 Å². The number of hydrogen-bond donors (Lipinski definition) is 3. The van der Waals surface area contributed by atoms with Crippen molar-refractivity contribution in [1.82, 2.24) is 9.78 Å². The van der Waals surface area contributed by atoms with Gasteiger partial charge in [0, 0.05) is 30.6 Å². The van der Waals surface area contributed by atoms with Crippen molar-refractivity contribution in [1.29, 1.82) is 0 Å². The van der Waals surface area contributed by atoms with Gasteiger partial charge in [0.25, 0.3) is 5.91 Å². The first kappa shape index (κ1) is 23.9. The van der Waals surface area contributed by atoms with Crippen molar-refractivity contribution in [2.75, 3.05) is 28.3 Å². The molecule has 0 saturated carbocycles. The zero-order chi connectivity index (χ0) is 25.6. The van der Waals surface area contributed by atoms with E-state index in [1.165, 1.54) is 18.2 Å². The second kappa shape index (κ2) is 9.32. The summed E-state index contributed by atoms with van der Waals surface area (Å²) < 4.78 is 30.6. The Balaban J connectivity index is 1.51. The van der Waals surface area contributed by atoms with Crippen molar-refractivity contribution in [3.63, 3.8) is 0 Å². The topological polar surface area (TPSA) is 112 Å². The number of nitrogens with zero attached hydrogens (tertiary/aromatic N) is 5. The van der Waals surface area contributed by atoms with E-state index < -0.39 is 29.5 Å². The van der Waals surface area contributed by atoms with Crippen molar-refractivity contribution in [3.05, 3.63) is 60.3 Å². The van der Waals surface area contributed by atoms with Gasteiger partial charge in [-0.25, -0.2) is 13.8 Å². The van der Waals surface area contributed by atoms with Crippen LogP contribution in [0.5, 0.6) is 0 Å². The Hall–Kier alpha value is -3.83. The van der Waals surface area contributed by atoms with E-state index in [-0.39, 0.29) is 17.8 Å². The number of hydrazone groups is 1. The third-order valence-corrected chi connectivity index (χ3v) is 6.32. The lowest BCUT2D eigenvalue weighted by molar-refractivity contribution is -0.110. The first-order valence-electron chi connectivity index (χ1n) is 11.7. The first-order valence-corrected chi connectivity index (χ1v) is 11.7. The summed E-state index contributed by atoms with van der Waals surface area (Å²) in [6, 6.07) is 7.17. The summed E-state index contributed by atoms with van der Waals surface area (Å²) in [4.78, 5) is 15.4. The maximum atomic E-state index is 14.3. The minimum atomic E-state index is -1.44. The summed E-state index contributed by atoms with van der Waals surface area (Å²) in [5, 5.41) is 23.4. The molecule has 2 aliphatic heterocycles. The van der Waals surface area contributed by atoms with Crippen LogP contribution in [0.2, 0.25) is 0 Å². The summed E-state index contributed by atoms with van der Waals surface area (Å²) in [5.74, 6) is -2.42. The van der Waals surface area contributed by atoms with Crippen LogP contribution in [0, 0.1) is 11.6 Å². The molecule has 2 aliphatic rings. The lowest BCUT2D eigenvalue weighted by atomic mass is 10.1. The average Bonchev–Trinajstić information content (AvgIpc) is 3.46. The minimum absolute atomic E-state index is 0.0142. The van der Waals surface area contributed by atoms with Crippen molar-refractivity contribution in [2.24, 2.45) is 10.8 Å². The maximum absolute atomic E-state index is 14.3.